The maximum atomic E-state index is 12.5. The summed E-state index contributed by atoms with van der Waals surface area (Å²) in [6, 6.07) is -1.00. The summed E-state index contributed by atoms with van der Waals surface area (Å²) in [7, 11) is 0. The third kappa shape index (κ3) is 34.6. The number of nitrogens with one attached hydrogen (secondary N) is 1. The number of carbonyl (C=O) groups excluding carboxylic acids is 1. The van der Waals surface area contributed by atoms with E-state index >= 15 is 0 Å². The van der Waals surface area contributed by atoms with E-state index < -0.39 is 36.9 Å². The van der Waals surface area contributed by atoms with Gasteiger partial charge >= 0.3 is 0 Å². The van der Waals surface area contributed by atoms with Crippen molar-refractivity contribution in [3.63, 3.8) is 0 Å². The van der Waals surface area contributed by atoms with Crippen LogP contribution in [0.2, 0.25) is 0 Å². The van der Waals surface area contributed by atoms with Crippen LogP contribution in [0, 0.1) is 0 Å². The standard InChI is InChI=1S/C46H89NO5/c1-3-5-7-9-11-13-15-17-19-20-21-22-23-24-26-27-29-31-33-35-37-39-43(49)45(51)42(41-48)47-46(52)44(50)40-38-36-34-32-30-28-25-18-16-14-12-10-8-6-4-2/h25,28,31,33,42-45,48-51H,3-24,26-27,29-30,32,34-41H2,1-2H3,(H,47,52)/b28-25-,33-31+. The van der Waals surface area contributed by atoms with E-state index in [1.165, 1.54) is 154 Å². The number of amides is 1. The van der Waals surface area contributed by atoms with Crippen LogP contribution in [0.15, 0.2) is 24.3 Å². The summed E-state index contributed by atoms with van der Waals surface area (Å²) in [5.41, 5.74) is 0. The van der Waals surface area contributed by atoms with Gasteiger partial charge in [0, 0.05) is 0 Å². The lowest BCUT2D eigenvalue weighted by molar-refractivity contribution is -0.132. The fourth-order valence-electron chi connectivity index (χ4n) is 6.99. The Morgan fingerprint density at radius 3 is 1.15 bits per heavy atom. The molecule has 0 bridgehead atoms. The quantitative estimate of drug-likeness (QED) is 0.0317. The van der Waals surface area contributed by atoms with Gasteiger partial charge in [-0.2, -0.15) is 0 Å². The molecule has 308 valence electrons. The number of unbranched alkanes of at least 4 members (excludes halogenated alkanes) is 28. The molecule has 1 amide bonds. The van der Waals surface area contributed by atoms with Crippen molar-refractivity contribution in [2.24, 2.45) is 0 Å². The van der Waals surface area contributed by atoms with Crippen LogP contribution in [-0.4, -0.2) is 57.3 Å². The summed E-state index contributed by atoms with van der Waals surface area (Å²) < 4.78 is 0. The molecule has 6 nitrogen and oxygen atoms in total. The third-order valence-corrected chi connectivity index (χ3v) is 10.6. The van der Waals surface area contributed by atoms with Gasteiger partial charge in [-0.05, 0) is 64.2 Å². The number of aliphatic hydroxyl groups is 4. The van der Waals surface area contributed by atoms with Crippen molar-refractivity contribution in [1.29, 1.82) is 0 Å². The minimum absolute atomic E-state index is 0.350. The van der Waals surface area contributed by atoms with Crippen molar-refractivity contribution in [1.82, 2.24) is 5.32 Å². The molecule has 0 aromatic rings. The Morgan fingerprint density at radius 2 is 0.788 bits per heavy atom. The highest BCUT2D eigenvalue weighted by Crippen LogP contribution is 2.16. The molecule has 4 unspecified atom stereocenters. The molecule has 6 heteroatoms. The minimum Gasteiger partial charge on any atom is -0.394 e. The Kier molecular flexibility index (Phi) is 40.0. The molecule has 0 aromatic carbocycles. The second-order valence-electron chi connectivity index (χ2n) is 15.7. The molecular formula is C46H89NO5. The number of allylic oxidation sites excluding steroid dienone is 4. The fraction of sp³-hybridized carbons (Fsp3) is 0.891. The molecule has 0 aliphatic rings. The predicted molar refractivity (Wildman–Crippen MR) is 224 cm³/mol. The first-order chi connectivity index (χ1) is 25.5. The van der Waals surface area contributed by atoms with Gasteiger partial charge in [-0.3, -0.25) is 4.79 Å². The van der Waals surface area contributed by atoms with E-state index in [0.717, 1.165) is 51.4 Å². The van der Waals surface area contributed by atoms with Gasteiger partial charge in [-0.25, -0.2) is 0 Å². The molecule has 0 radical (unpaired) electrons. The Morgan fingerprint density at radius 1 is 0.462 bits per heavy atom. The summed E-state index contributed by atoms with van der Waals surface area (Å²) in [4.78, 5) is 12.5. The number of hydrogen-bond donors (Lipinski definition) is 5. The van der Waals surface area contributed by atoms with Crippen LogP contribution in [-0.2, 0) is 4.79 Å². The molecule has 0 saturated heterocycles. The highest BCUT2D eigenvalue weighted by atomic mass is 16.3. The van der Waals surface area contributed by atoms with E-state index in [2.05, 4.69) is 43.5 Å². The summed E-state index contributed by atoms with van der Waals surface area (Å²) in [5.74, 6) is -0.601. The second-order valence-corrected chi connectivity index (χ2v) is 15.7. The Balaban J connectivity index is 3.76. The first-order valence-corrected chi connectivity index (χ1v) is 22.7. The normalized spacial score (nSPS) is 14.3. The molecule has 0 rings (SSSR count). The zero-order chi connectivity index (χ0) is 38.2. The van der Waals surface area contributed by atoms with E-state index in [0.29, 0.717) is 12.8 Å². The SMILES string of the molecule is CCCCCCCCC/C=C\CCCCCCC(O)C(=O)NC(CO)C(O)C(O)CCC/C=C/CCCCCCCCCCCCCCCCCC. The van der Waals surface area contributed by atoms with Crippen molar-refractivity contribution in [2.45, 2.75) is 257 Å². The highest BCUT2D eigenvalue weighted by Gasteiger charge is 2.28. The number of carbonyl (C=O) groups is 1. The first kappa shape index (κ1) is 50.8. The Hall–Kier alpha value is -1.21. The Labute approximate surface area is 323 Å². The van der Waals surface area contributed by atoms with Crippen LogP contribution in [0.1, 0.15) is 232 Å². The van der Waals surface area contributed by atoms with E-state index in [9.17, 15) is 25.2 Å². The zero-order valence-corrected chi connectivity index (χ0v) is 34.6. The predicted octanol–water partition coefficient (Wildman–Crippen LogP) is 12.0. The summed E-state index contributed by atoms with van der Waals surface area (Å²) in [6.07, 6.45) is 46.4. The third-order valence-electron chi connectivity index (χ3n) is 10.6. The van der Waals surface area contributed by atoms with Crippen LogP contribution in [0.25, 0.3) is 0 Å². The van der Waals surface area contributed by atoms with Gasteiger partial charge in [0.15, 0.2) is 0 Å². The maximum Gasteiger partial charge on any atom is 0.249 e. The lowest BCUT2D eigenvalue weighted by Gasteiger charge is -2.27. The van der Waals surface area contributed by atoms with Gasteiger partial charge < -0.3 is 25.7 Å². The molecule has 0 fully saturated rings. The van der Waals surface area contributed by atoms with E-state index in [1.807, 2.05) is 0 Å². The fourth-order valence-corrected chi connectivity index (χ4v) is 6.99. The van der Waals surface area contributed by atoms with Crippen LogP contribution >= 0.6 is 0 Å². The average Bonchev–Trinajstić information content (AvgIpc) is 3.15. The molecule has 5 N–H and O–H groups in total. The summed E-state index contributed by atoms with van der Waals surface area (Å²) in [5, 5.41) is 43.7. The molecule has 0 heterocycles. The minimum atomic E-state index is -1.28. The van der Waals surface area contributed by atoms with Crippen molar-refractivity contribution < 1.29 is 25.2 Å². The monoisotopic (exact) mass is 736 g/mol. The summed E-state index contributed by atoms with van der Waals surface area (Å²) in [6.45, 7) is 4.04. The molecule has 0 spiro atoms. The highest BCUT2D eigenvalue weighted by molar-refractivity contribution is 5.80. The first-order valence-electron chi connectivity index (χ1n) is 22.7. The average molecular weight is 736 g/mol. The van der Waals surface area contributed by atoms with Crippen molar-refractivity contribution in [2.75, 3.05) is 6.61 Å². The number of aliphatic hydroxyl groups excluding tert-OH is 4. The number of hydrogen-bond acceptors (Lipinski definition) is 5. The number of rotatable bonds is 41. The van der Waals surface area contributed by atoms with Crippen molar-refractivity contribution >= 4 is 5.91 Å². The zero-order valence-electron chi connectivity index (χ0n) is 34.6. The van der Waals surface area contributed by atoms with Crippen LogP contribution in [0.4, 0.5) is 0 Å². The molecule has 0 aromatic heterocycles. The van der Waals surface area contributed by atoms with Gasteiger partial charge in [0.1, 0.15) is 12.2 Å². The second kappa shape index (κ2) is 41.0. The van der Waals surface area contributed by atoms with Gasteiger partial charge in [-0.15, -0.1) is 0 Å². The molecule has 0 aliphatic carbocycles. The molecule has 0 aliphatic heterocycles. The van der Waals surface area contributed by atoms with Crippen LogP contribution < -0.4 is 5.32 Å². The maximum absolute atomic E-state index is 12.5. The smallest absolute Gasteiger partial charge is 0.249 e. The molecule has 52 heavy (non-hydrogen) atoms. The summed E-state index contributed by atoms with van der Waals surface area (Å²) >= 11 is 0. The molecule has 0 saturated carbocycles. The van der Waals surface area contributed by atoms with Gasteiger partial charge in [-0.1, -0.05) is 192 Å². The van der Waals surface area contributed by atoms with Crippen molar-refractivity contribution in [3.05, 3.63) is 24.3 Å². The van der Waals surface area contributed by atoms with Crippen LogP contribution in [0.5, 0.6) is 0 Å². The van der Waals surface area contributed by atoms with E-state index in [1.54, 1.807) is 0 Å². The van der Waals surface area contributed by atoms with Gasteiger partial charge in [0.25, 0.3) is 0 Å². The lowest BCUT2D eigenvalue weighted by atomic mass is 10.00. The largest absolute Gasteiger partial charge is 0.394 e. The van der Waals surface area contributed by atoms with Crippen LogP contribution in [0.3, 0.4) is 0 Å². The van der Waals surface area contributed by atoms with Gasteiger partial charge in [0.2, 0.25) is 5.91 Å². The molecule has 4 atom stereocenters. The molecular weight excluding hydrogens is 647 g/mol. The van der Waals surface area contributed by atoms with Gasteiger partial charge in [0.05, 0.1) is 18.8 Å². The topological polar surface area (TPSA) is 110 Å². The van der Waals surface area contributed by atoms with E-state index in [4.69, 9.17) is 0 Å². The lowest BCUT2D eigenvalue weighted by Crippen LogP contribution is -2.53. The van der Waals surface area contributed by atoms with Crippen molar-refractivity contribution in [3.8, 4) is 0 Å². The Bertz CT molecular complexity index is 787. The van der Waals surface area contributed by atoms with E-state index in [-0.39, 0.29) is 0 Å².